The molecule has 0 spiro atoms. The Labute approximate surface area is 113 Å². The first-order valence-electron chi connectivity index (χ1n) is 6.50. The molecule has 0 aromatic heterocycles. The van der Waals surface area contributed by atoms with Crippen LogP contribution in [0.3, 0.4) is 0 Å². The fourth-order valence-electron chi connectivity index (χ4n) is 2.46. The van der Waals surface area contributed by atoms with E-state index >= 15 is 0 Å². The summed E-state index contributed by atoms with van der Waals surface area (Å²) in [6.45, 7) is 1.95. The van der Waals surface area contributed by atoms with Crippen molar-refractivity contribution >= 4 is 11.6 Å². The van der Waals surface area contributed by atoms with Crippen molar-refractivity contribution in [3.8, 4) is 0 Å². The third-order valence-corrected chi connectivity index (χ3v) is 3.84. The topological polar surface area (TPSA) is 49.6 Å². The molecule has 4 nitrogen and oxygen atoms in total. The number of piperidine rings is 1. The van der Waals surface area contributed by atoms with Crippen molar-refractivity contribution in [3.05, 3.63) is 29.6 Å². The Balaban J connectivity index is 2.13. The number of likely N-dealkylation sites (tertiary alicyclic amines) is 1. The lowest BCUT2D eigenvalue weighted by atomic mass is 10.0. The first kappa shape index (κ1) is 13.8. The van der Waals surface area contributed by atoms with Crippen LogP contribution in [0, 0.1) is 5.82 Å². The molecule has 1 aliphatic rings. The number of carbonyl (C=O) groups excluding carboxylic acids is 1. The second kappa shape index (κ2) is 5.57. The molecule has 1 fully saturated rings. The Morgan fingerprint density at radius 2 is 2.05 bits per heavy atom. The summed E-state index contributed by atoms with van der Waals surface area (Å²) >= 11 is 0. The van der Waals surface area contributed by atoms with Crippen LogP contribution < -0.4 is 5.73 Å². The first-order valence-corrected chi connectivity index (χ1v) is 6.50. The summed E-state index contributed by atoms with van der Waals surface area (Å²) in [5, 5.41) is 0. The van der Waals surface area contributed by atoms with Crippen LogP contribution in [-0.2, 0) is 0 Å². The number of hydrogen-bond acceptors (Lipinski definition) is 3. The van der Waals surface area contributed by atoms with E-state index in [-0.39, 0.29) is 23.2 Å². The molecular formula is C14H20FN3O. The largest absolute Gasteiger partial charge is 0.396 e. The van der Waals surface area contributed by atoms with Gasteiger partial charge in [0.25, 0.3) is 5.91 Å². The molecule has 1 aliphatic heterocycles. The molecule has 0 bridgehead atoms. The van der Waals surface area contributed by atoms with Crippen molar-refractivity contribution < 1.29 is 9.18 Å². The van der Waals surface area contributed by atoms with Crippen molar-refractivity contribution in [2.24, 2.45) is 0 Å². The maximum atomic E-state index is 13.4. The van der Waals surface area contributed by atoms with Gasteiger partial charge >= 0.3 is 0 Å². The van der Waals surface area contributed by atoms with E-state index < -0.39 is 5.82 Å². The van der Waals surface area contributed by atoms with Gasteiger partial charge in [0.1, 0.15) is 5.82 Å². The van der Waals surface area contributed by atoms with Crippen LogP contribution in [0.15, 0.2) is 18.2 Å². The quantitative estimate of drug-likeness (QED) is 0.826. The predicted octanol–water partition coefficient (Wildman–Crippen LogP) is 1.57. The van der Waals surface area contributed by atoms with Gasteiger partial charge in [-0.2, -0.15) is 0 Å². The Hall–Kier alpha value is -1.62. The van der Waals surface area contributed by atoms with E-state index in [1.54, 1.807) is 18.0 Å². The number of halogens is 1. The van der Waals surface area contributed by atoms with E-state index in [0.717, 1.165) is 25.9 Å². The van der Waals surface area contributed by atoms with Crippen LogP contribution in [0.25, 0.3) is 0 Å². The molecule has 1 heterocycles. The van der Waals surface area contributed by atoms with Gasteiger partial charge in [-0.15, -0.1) is 0 Å². The highest BCUT2D eigenvalue weighted by Crippen LogP contribution is 2.21. The second-order valence-electron chi connectivity index (χ2n) is 5.15. The number of benzene rings is 1. The molecule has 2 rings (SSSR count). The number of amides is 1. The average Bonchev–Trinajstić information content (AvgIpc) is 2.41. The molecule has 0 saturated carbocycles. The van der Waals surface area contributed by atoms with Crippen molar-refractivity contribution in [1.82, 2.24) is 9.80 Å². The number of nitrogens with zero attached hydrogens (tertiary/aromatic N) is 2. The van der Waals surface area contributed by atoms with Gasteiger partial charge in [-0.3, -0.25) is 4.79 Å². The molecule has 2 N–H and O–H groups in total. The summed E-state index contributed by atoms with van der Waals surface area (Å²) in [5.41, 5.74) is 5.83. The molecule has 1 saturated heterocycles. The molecule has 0 unspecified atom stereocenters. The summed E-state index contributed by atoms with van der Waals surface area (Å²) < 4.78 is 13.4. The zero-order valence-electron chi connectivity index (χ0n) is 11.4. The molecule has 1 aromatic carbocycles. The van der Waals surface area contributed by atoms with Crippen molar-refractivity contribution in [1.29, 1.82) is 0 Å². The summed E-state index contributed by atoms with van der Waals surface area (Å²) in [6, 6.07) is 4.56. The fourth-order valence-corrected chi connectivity index (χ4v) is 2.46. The molecule has 0 atom stereocenters. The number of rotatable bonds is 2. The molecule has 0 radical (unpaired) electrons. The predicted molar refractivity (Wildman–Crippen MR) is 73.4 cm³/mol. The summed E-state index contributed by atoms with van der Waals surface area (Å²) in [6.07, 6.45) is 1.88. The molecule has 1 amide bonds. The third-order valence-electron chi connectivity index (χ3n) is 3.84. The van der Waals surface area contributed by atoms with Crippen LogP contribution in [-0.4, -0.2) is 48.9 Å². The highest BCUT2D eigenvalue weighted by Gasteiger charge is 2.26. The highest BCUT2D eigenvalue weighted by atomic mass is 19.1. The number of nitrogens with two attached hydrogens (primary N) is 1. The molecule has 1 aromatic rings. The zero-order valence-corrected chi connectivity index (χ0v) is 11.4. The maximum absolute atomic E-state index is 13.4. The van der Waals surface area contributed by atoms with Gasteiger partial charge in [0.15, 0.2) is 0 Å². The van der Waals surface area contributed by atoms with Gasteiger partial charge < -0.3 is 15.5 Å². The number of nitrogen functional groups attached to an aromatic ring is 1. The SMILES string of the molecule is CN1CCC(N(C)C(=O)c2cccc(F)c2N)CC1. The van der Waals surface area contributed by atoms with E-state index in [1.807, 2.05) is 0 Å². The molecule has 5 heteroatoms. The first-order chi connectivity index (χ1) is 9.00. The van der Waals surface area contributed by atoms with Crippen molar-refractivity contribution in [2.45, 2.75) is 18.9 Å². The normalized spacial score (nSPS) is 17.4. The standard InChI is InChI=1S/C14H20FN3O/c1-17-8-6-10(7-9-17)18(2)14(19)11-4-3-5-12(15)13(11)16/h3-5,10H,6-9,16H2,1-2H3. The summed E-state index contributed by atoms with van der Waals surface area (Å²) in [5.74, 6) is -0.741. The second-order valence-corrected chi connectivity index (χ2v) is 5.15. The minimum absolute atomic E-state index is 0.0627. The Bertz CT molecular complexity index is 470. The Morgan fingerprint density at radius 1 is 1.42 bits per heavy atom. The van der Waals surface area contributed by atoms with Crippen LogP contribution in [0.1, 0.15) is 23.2 Å². The van der Waals surface area contributed by atoms with E-state index in [9.17, 15) is 9.18 Å². The van der Waals surface area contributed by atoms with E-state index in [0.29, 0.717) is 0 Å². The van der Waals surface area contributed by atoms with Crippen LogP contribution in [0.4, 0.5) is 10.1 Å². The van der Waals surface area contributed by atoms with Gasteiger partial charge in [0.2, 0.25) is 0 Å². The zero-order chi connectivity index (χ0) is 14.0. The van der Waals surface area contributed by atoms with Gasteiger partial charge in [0.05, 0.1) is 11.3 Å². The van der Waals surface area contributed by atoms with E-state index in [2.05, 4.69) is 11.9 Å². The van der Waals surface area contributed by atoms with Crippen molar-refractivity contribution in [2.75, 3.05) is 32.9 Å². The summed E-state index contributed by atoms with van der Waals surface area (Å²) in [7, 11) is 3.84. The minimum Gasteiger partial charge on any atom is -0.396 e. The average molecular weight is 265 g/mol. The van der Waals surface area contributed by atoms with E-state index in [1.165, 1.54) is 12.1 Å². The van der Waals surface area contributed by atoms with Crippen LogP contribution >= 0.6 is 0 Å². The number of hydrogen-bond donors (Lipinski definition) is 1. The third kappa shape index (κ3) is 2.87. The lowest BCUT2D eigenvalue weighted by Gasteiger charge is -2.35. The minimum atomic E-state index is -0.539. The number of anilines is 1. The smallest absolute Gasteiger partial charge is 0.256 e. The van der Waals surface area contributed by atoms with Crippen molar-refractivity contribution in [3.63, 3.8) is 0 Å². The molecule has 19 heavy (non-hydrogen) atoms. The maximum Gasteiger partial charge on any atom is 0.256 e. The lowest BCUT2D eigenvalue weighted by Crippen LogP contribution is -2.44. The van der Waals surface area contributed by atoms with Gasteiger partial charge in [0, 0.05) is 13.1 Å². The summed E-state index contributed by atoms with van der Waals surface area (Å²) in [4.78, 5) is 16.3. The number of para-hydroxylation sites is 1. The lowest BCUT2D eigenvalue weighted by molar-refractivity contribution is 0.0660. The molecule has 0 aliphatic carbocycles. The fraction of sp³-hybridized carbons (Fsp3) is 0.500. The number of carbonyl (C=O) groups is 1. The van der Waals surface area contributed by atoms with E-state index in [4.69, 9.17) is 5.73 Å². The molecular weight excluding hydrogens is 245 g/mol. The Morgan fingerprint density at radius 3 is 2.68 bits per heavy atom. The monoisotopic (exact) mass is 265 g/mol. The highest BCUT2D eigenvalue weighted by molar-refractivity contribution is 5.99. The molecule has 104 valence electrons. The Kier molecular flexibility index (Phi) is 4.04. The van der Waals surface area contributed by atoms with Crippen LogP contribution in [0.5, 0.6) is 0 Å². The van der Waals surface area contributed by atoms with Gasteiger partial charge in [-0.05, 0) is 45.1 Å². The van der Waals surface area contributed by atoms with Crippen LogP contribution in [0.2, 0.25) is 0 Å². The van der Waals surface area contributed by atoms with Gasteiger partial charge in [-0.25, -0.2) is 4.39 Å². The van der Waals surface area contributed by atoms with Gasteiger partial charge in [-0.1, -0.05) is 6.07 Å².